The Labute approximate surface area is 273 Å². The van der Waals surface area contributed by atoms with E-state index < -0.39 is 65.3 Å². The molecule has 0 radical (unpaired) electrons. The van der Waals surface area contributed by atoms with E-state index in [4.69, 9.17) is 10.5 Å². The third-order valence-corrected chi connectivity index (χ3v) is 11.0. The zero-order chi connectivity index (χ0) is 34.4. The van der Waals surface area contributed by atoms with Gasteiger partial charge < -0.3 is 31.5 Å². The van der Waals surface area contributed by atoms with Crippen LogP contribution in [0, 0.1) is 34.4 Å². The molecule has 3 saturated carbocycles. The molecule has 7 unspecified atom stereocenters. The van der Waals surface area contributed by atoms with E-state index in [0.717, 1.165) is 30.9 Å². The number of carbonyl (C=O) groups is 5. The number of halogens is 1. The zero-order valence-corrected chi connectivity index (χ0v) is 27.5. The van der Waals surface area contributed by atoms with Crippen molar-refractivity contribution in [2.75, 3.05) is 5.32 Å². The lowest BCUT2D eigenvalue weighted by atomic mass is 9.47. The van der Waals surface area contributed by atoms with Crippen LogP contribution >= 0.6 is 0 Å². The van der Waals surface area contributed by atoms with Crippen molar-refractivity contribution in [3.8, 4) is 0 Å². The van der Waals surface area contributed by atoms with E-state index in [-0.39, 0.29) is 40.2 Å². The molecule has 0 aliphatic heterocycles. The molecule has 5 rings (SSSR count). The minimum Gasteiger partial charge on any atom is -0.458 e. The highest BCUT2D eigenvalue weighted by Gasteiger charge is 2.62. The molecule has 3 amide bonds. The minimum atomic E-state index is -1.10. The Bertz CT molecular complexity index is 1540. The molecular weight excluding hydrogens is 607 g/mol. The van der Waals surface area contributed by atoms with E-state index in [1.807, 2.05) is 6.08 Å². The number of allylic oxidation sites excluding steroid dienone is 4. The van der Waals surface area contributed by atoms with Crippen LogP contribution in [0.25, 0.3) is 0 Å². The predicted octanol–water partition coefficient (Wildman–Crippen LogP) is 2.92. The number of anilines is 1. The molecule has 0 spiro atoms. The van der Waals surface area contributed by atoms with Gasteiger partial charge in [0, 0.05) is 16.7 Å². The van der Waals surface area contributed by atoms with E-state index in [2.05, 4.69) is 29.8 Å². The number of amides is 3. The van der Waals surface area contributed by atoms with Crippen molar-refractivity contribution in [1.82, 2.24) is 10.6 Å². The molecular formula is C35H45FN4O7. The van der Waals surface area contributed by atoms with Gasteiger partial charge in [0.15, 0.2) is 5.78 Å². The predicted molar refractivity (Wildman–Crippen MR) is 171 cm³/mol. The number of esters is 1. The summed E-state index contributed by atoms with van der Waals surface area (Å²) in [5.74, 6) is -2.98. The second-order valence-electron chi connectivity index (χ2n) is 14.2. The molecule has 11 nitrogen and oxygen atoms in total. The number of ketones is 1. The average Bonchev–Trinajstić information content (AvgIpc) is 3.32. The molecule has 10 atom stereocenters. The quantitative estimate of drug-likeness (QED) is 0.266. The Hall–Kier alpha value is -3.90. The molecule has 1 aromatic carbocycles. The van der Waals surface area contributed by atoms with E-state index in [9.17, 15) is 33.5 Å². The van der Waals surface area contributed by atoms with Crippen LogP contribution in [0.4, 0.5) is 10.1 Å². The fourth-order valence-corrected chi connectivity index (χ4v) is 8.47. The summed E-state index contributed by atoms with van der Waals surface area (Å²) in [6.07, 6.45) is 7.72. The summed E-state index contributed by atoms with van der Waals surface area (Å²) in [6, 6.07) is 0.670. The summed E-state index contributed by atoms with van der Waals surface area (Å²) in [4.78, 5) is 62.5. The molecule has 4 aliphatic carbocycles. The van der Waals surface area contributed by atoms with Crippen molar-refractivity contribution in [3.05, 3.63) is 53.4 Å². The molecule has 0 saturated heterocycles. The first-order valence-electron chi connectivity index (χ1n) is 16.3. The Kier molecular flexibility index (Phi) is 9.49. The molecule has 0 bridgehead atoms. The minimum absolute atomic E-state index is 0.0154. The molecule has 3 fully saturated rings. The first-order chi connectivity index (χ1) is 22.0. The van der Waals surface area contributed by atoms with Gasteiger partial charge in [-0.1, -0.05) is 25.5 Å². The molecule has 1 aromatic rings. The number of hydrogen-bond acceptors (Lipinski definition) is 8. The number of fused-ring (bicyclic) bond motifs is 5. The summed E-state index contributed by atoms with van der Waals surface area (Å²) >= 11 is 0. The van der Waals surface area contributed by atoms with Crippen molar-refractivity contribution < 1.29 is 38.2 Å². The summed E-state index contributed by atoms with van der Waals surface area (Å²) in [5, 5.41) is 18.9. The summed E-state index contributed by atoms with van der Waals surface area (Å²) in [6.45, 7) is 8.49. The normalized spacial score (nSPS) is 32.8. The van der Waals surface area contributed by atoms with E-state index in [1.165, 1.54) is 32.9 Å². The summed E-state index contributed by atoms with van der Waals surface area (Å²) in [7, 11) is 0. The van der Waals surface area contributed by atoms with Crippen LogP contribution in [-0.2, 0) is 23.9 Å². The van der Waals surface area contributed by atoms with Gasteiger partial charge in [0.2, 0.25) is 17.7 Å². The lowest BCUT2D eigenvalue weighted by molar-refractivity contribution is -0.131. The van der Waals surface area contributed by atoms with Crippen molar-refractivity contribution in [2.24, 2.45) is 34.3 Å². The van der Waals surface area contributed by atoms with Crippen molar-refractivity contribution >= 4 is 35.2 Å². The standard InChI is InChI=1S/C35H45FN4O7/c1-17(37)30(43)38-18(2)31(44)39-19(3)32(45)40-26-14-20(6-10-25(26)36)33(46)47-28-11-9-24-23-8-7-21-15-22(41)12-13-34(21,4)29(23)27(42)16-35(24,28)5/h6,10,12-15,17-19,23-24,27-29,42H,7-9,11,16,37H2,1-5H3,(H,38,43)(H,39,44)(H,40,45)/t17-,18-,19-,23?,24?,27?,28?,29?,34?,35?/m0/s1. The average molecular weight is 653 g/mol. The number of rotatable bonds is 8. The number of carbonyl (C=O) groups excluding carboxylic acids is 5. The van der Waals surface area contributed by atoms with Gasteiger partial charge in [-0.05, 0) is 95.1 Å². The number of benzene rings is 1. The van der Waals surface area contributed by atoms with Gasteiger partial charge in [0.05, 0.1) is 23.4 Å². The van der Waals surface area contributed by atoms with Gasteiger partial charge in [0.25, 0.3) is 0 Å². The topological polar surface area (TPSA) is 177 Å². The molecule has 6 N–H and O–H groups in total. The van der Waals surface area contributed by atoms with Crippen LogP contribution < -0.4 is 21.7 Å². The third-order valence-electron chi connectivity index (χ3n) is 11.0. The van der Waals surface area contributed by atoms with Gasteiger partial charge in [-0.2, -0.15) is 0 Å². The monoisotopic (exact) mass is 652 g/mol. The maximum atomic E-state index is 14.8. The van der Waals surface area contributed by atoms with Gasteiger partial charge in [-0.25, -0.2) is 9.18 Å². The molecule has 4 aliphatic rings. The fourth-order valence-electron chi connectivity index (χ4n) is 8.47. The number of hydrogen-bond donors (Lipinski definition) is 5. The lowest BCUT2D eigenvalue weighted by Crippen LogP contribution is -2.56. The molecule has 47 heavy (non-hydrogen) atoms. The number of aliphatic hydroxyl groups is 1. The first-order valence-corrected chi connectivity index (χ1v) is 16.3. The largest absolute Gasteiger partial charge is 0.458 e. The second kappa shape index (κ2) is 13.0. The summed E-state index contributed by atoms with van der Waals surface area (Å²) in [5.41, 5.74) is 5.51. The van der Waals surface area contributed by atoms with Gasteiger partial charge >= 0.3 is 5.97 Å². The van der Waals surface area contributed by atoms with Gasteiger partial charge in [-0.3, -0.25) is 19.2 Å². The van der Waals surface area contributed by atoms with Crippen LogP contribution in [0.1, 0.15) is 77.1 Å². The van der Waals surface area contributed by atoms with Crippen molar-refractivity contribution in [1.29, 1.82) is 0 Å². The van der Waals surface area contributed by atoms with Gasteiger partial charge in [-0.15, -0.1) is 0 Å². The van der Waals surface area contributed by atoms with E-state index in [0.29, 0.717) is 12.8 Å². The lowest BCUT2D eigenvalue weighted by Gasteiger charge is -2.58. The highest BCUT2D eigenvalue weighted by atomic mass is 19.1. The van der Waals surface area contributed by atoms with Crippen LogP contribution in [-0.4, -0.2) is 64.9 Å². The second-order valence-corrected chi connectivity index (χ2v) is 14.2. The van der Waals surface area contributed by atoms with E-state index >= 15 is 0 Å². The first kappa shape index (κ1) is 34.4. The molecule has 0 heterocycles. The maximum absolute atomic E-state index is 14.8. The van der Waals surface area contributed by atoms with Crippen LogP contribution in [0.2, 0.25) is 0 Å². The highest BCUT2D eigenvalue weighted by Crippen LogP contribution is 2.65. The Balaban J connectivity index is 1.24. The van der Waals surface area contributed by atoms with Crippen LogP contribution in [0.15, 0.2) is 42.0 Å². The molecule has 12 heteroatoms. The number of aliphatic hydroxyl groups excluding tert-OH is 1. The Morgan fingerprint density at radius 2 is 1.70 bits per heavy atom. The van der Waals surface area contributed by atoms with Crippen molar-refractivity contribution in [2.45, 2.75) is 97.1 Å². The van der Waals surface area contributed by atoms with Gasteiger partial charge in [0.1, 0.15) is 24.0 Å². The zero-order valence-electron chi connectivity index (χ0n) is 27.5. The van der Waals surface area contributed by atoms with E-state index in [1.54, 1.807) is 12.2 Å². The maximum Gasteiger partial charge on any atom is 0.338 e. The number of ether oxygens (including phenoxy) is 1. The number of nitrogens with two attached hydrogens (primary N) is 1. The third kappa shape index (κ3) is 6.49. The van der Waals surface area contributed by atoms with Crippen LogP contribution in [0.3, 0.4) is 0 Å². The fraction of sp³-hybridized carbons (Fsp3) is 0.571. The SMILES string of the molecule is C[C@H](N)C(=O)N[C@@H](C)C(=O)N[C@@H](C)C(=O)Nc1cc(C(=O)OC2CCC3C4CCC5=CC(=O)C=CC5(C)C4C(O)CC23C)ccc1F. The van der Waals surface area contributed by atoms with Crippen LogP contribution in [0.5, 0.6) is 0 Å². The molecule has 0 aromatic heterocycles. The number of nitrogens with one attached hydrogen (secondary N) is 3. The Morgan fingerprint density at radius 3 is 2.40 bits per heavy atom. The smallest absolute Gasteiger partial charge is 0.338 e. The van der Waals surface area contributed by atoms with Crippen molar-refractivity contribution in [3.63, 3.8) is 0 Å². The molecule has 254 valence electrons. The summed E-state index contributed by atoms with van der Waals surface area (Å²) < 4.78 is 20.8. The highest BCUT2D eigenvalue weighted by molar-refractivity contribution is 6.01. The Morgan fingerprint density at radius 1 is 1.02 bits per heavy atom.